The van der Waals surface area contributed by atoms with Gasteiger partial charge < -0.3 is 10.8 Å². The van der Waals surface area contributed by atoms with Crippen LogP contribution in [0.3, 0.4) is 0 Å². The highest BCUT2D eigenvalue weighted by molar-refractivity contribution is 5.57. The van der Waals surface area contributed by atoms with Gasteiger partial charge >= 0.3 is 18.0 Å². The highest BCUT2D eigenvalue weighted by Gasteiger charge is 2.74. The predicted octanol–water partition coefficient (Wildman–Crippen LogP) is 3.57. The summed E-state index contributed by atoms with van der Waals surface area (Å²) in [6.45, 7) is 0.830. The van der Waals surface area contributed by atoms with Crippen LogP contribution in [-0.2, 0) is 5.67 Å². The molecule has 0 saturated heterocycles. The van der Waals surface area contributed by atoms with Gasteiger partial charge in [0.15, 0.2) is 0 Å². The molecule has 0 fully saturated rings. The largest absolute Gasteiger partial charge is 0.506 e. The van der Waals surface area contributed by atoms with Crippen molar-refractivity contribution in [2.75, 3.05) is 5.73 Å². The number of nitrogen functional groups attached to an aromatic ring is 1. The molecule has 0 bridgehead atoms. The van der Waals surface area contributed by atoms with E-state index < -0.39 is 40.6 Å². The van der Waals surface area contributed by atoms with Crippen LogP contribution in [0.15, 0.2) is 12.1 Å². The van der Waals surface area contributed by atoms with Gasteiger partial charge in [-0.15, -0.1) is 0 Å². The van der Waals surface area contributed by atoms with Crippen LogP contribution in [0.4, 0.5) is 36.4 Å². The number of aromatic hydroxyl groups is 1. The molecule has 1 rings (SSSR count). The van der Waals surface area contributed by atoms with Crippen molar-refractivity contribution in [2.45, 2.75) is 24.9 Å². The summed E-state index contributed by atoms with van der Waals surface area (Å²) >= 11 is 0. The fourth-order valence-corrected chi connectivity index (χ4v) is 1.56. The Bertz CT molecular complexity index is 478. The highest BCUT2D eigenvalue weighted by Crippen LogP contribution is 2.54. The van der Waals surface area contributed by atoms with E-state index in [0.717, 1.165) is 6.92 Å². The SMILES string of the molecule is Cc1cc(N)c(O)cc1C(F)(C(F)(F)F)C(F)(F)F. The number of benzene rings is 1. The molecule has 1 aromatic carbocycles. The third kappa shape index (κ3) is 2.28. The van der Waals surface area contributed by atoms with Gasteiger partial charge in [-0.2, -0.15) is 26.3 Å². The van der Waals surface area contributed by atoms with Crippen molar-refractivity contribution < 1.29 is 35.8 Å². The summed E-state index contributed by atoms with van der Waals surface area (Å²) in [6.07, 6.45) is -12.4. The summed E-state index contributed by atoms with van der Waals surface area (Å²) < 4.78 is 88.7. The molecule has 0 aromatic heterocycles. The lowest BCUT2D eigenvalue weighted by Crippen LogP contribution is -2.50. The molecule has 0 aliphatic heterocycles. The van der Waals surface area contributed by atoms with Crippen molar-refractivity contribution in [2.24, 2.45) is 0 Å². The summed E-state index contributed by atoms with van der Waals surface area (Å²) in [4.78, 5) is 0. The van der Waals surface area contributed by atoms with E-state index in [-0.39, 0.29) is 6.07 Å². The van der Waals surface area contributed by atoms with Gasteiger partial charge in [0.2, 0.25) is 0 Å². The van der Waals surface area contributed by atoms with Crippen molar-refractivity contribution in [3.8, 4) is 5.75 Å². The van der Waals surface area contributed by atoms with Crippen LogP contribution in [0, 0.1) is 6.92 Å². The quantitative estimate of drug-likeness (QED) is 0.472. The maximum atomic E-state index is 13.7. The lowest BCUT2D eigenvalue weighted by molar-refractivity contribution is -0.348. The summed E-state index contributed by atoms with van der Waals surface area (Å²) in [6, 6.07) is 0.669. The number of halogens is 7. The first-order valence-electron chi connectivity index (χ1n) is 4.74. The number of hydrogen-bond acceptors (Lipinski definition) is 2. The van der Waals surface area contributed by atoms with Crippen molar-refractivity contribution in [1.29, 1.82) is 0 Å². The third-order valence-electron chi connectivity index (χ3n) is 2.53. The molecular formula is C10H8F7NO. The predicted molar refractivity (Wildman–Crippen MR) is 52.2 cm³/mol. The van der Waals surface area contributed by atoms with Crippen LogP contribution in [0.25, 0.3) is 0 Å². The minimum Gasteiger partial charge on any atom is -0.506 e. The van der Waals surface area contributed by atoms with Gasteiger partial charge in [-0.25, -0.2) is 4.39 Å². The number of phenols is 1. The molecular weight excluding hydrogens is 283 g/mol. The molecule has 0 amide bonds. The summed E-state index contributed by atoms with van der Waals surface area (Å²) in [5.74, 6) is -1.06. The Morgan fingerprint density at radius 2 is 1.37 bits per heavy atom. The van der Waals surface area contributed by atoms with E-state index in [1.807, 2.05) is 0 Å². The van der Waals surface area contributed by atoms with Gasteiger partial charge in [0.25, 0.3) is 0 Å². The number of alkyl halides is 7. The zero-order valence-corrected chi connectivity index (χ0v) is 9.33. The highest BCUT2D eigenvalue weighted by atomic mass is 19.4. The van der Waals surface area contributed by atoms with Gasteiger partial charge in [0.05, 0.1) is 5.69 Å². The third-order valence-corrected chi connectivity index (χ3v) is 2.53. The average Bonchev–Trinajstić information content (AvgIpc) is 2.19. The number of nitrogens with two attached hydrogens (primary N) is 1. The van der Waals surface area contributed by atoms with Crippen LogP contribution in [-0.4, -0.2) is 17.5 Å². The molecule has 0 atom stereocenters. The Morgan fingerprint density at radius 3 is 1.74 bits per heavy atom. The van der Waals surface area contributed by atoms with E-state index in [0.29, 0.717) is 6.07 Å². The van der Waals surface area contributed by atoms with Crippen molar-refractivity contribution >= 4 is 5.69 Å². The number of anilines is 1. The van der Waals surface area contributed by atoms with E-state index in [2.05, 4.69) is 0 Å². The molecule has 0 spiro atoms. The Hall–Kier alpha value is -1.67. The molecule has 0 unspecified atom stereocenters. The second-order valence-electron chi connectivity index (χ2n) is 3.88. The van der Waals surface area contributed by atoms with E-state index >= 15 is 0 Å². The number of rotatable bonds is 1. The van der Waals surface area contributed by atoms with Crippen LogP contribution in [0.2, 0.25) is 0 Å². The number of phenolic OH excluding ortho intramolecular Hbond substituents is 1. The maximum absolute atomic E-state index is 13.7. The summed E-state index contributed by atoms with van der Waals surface area (Å²) in [5, 5.41) is 9.09. The Balaban J connectivity index is 3.66. The van der Waals surface area contributed by atoms with Gasteiger partial charge in [-0.05, 0) is 24.6 Å². The number of aryl methyl sites for hydroxylation is 1. The molecule has 0 aliphatic rings. The molecule has 19 heavy (non-hydrogen) atoms. The lowest BCUT2D eigenvalue weighted by Gasteiger charge is -2.31. The van der Waals surface area contributed by atoms with Gasteiger partial charge in [-0.3, -0.25) is 0 Å². The monoisotopic (exact) mass is 291 g/mol. The van der Waals surface area contributed by atoms with E-state index in [9.17, 15) is 30.7 Å². The van der Waals surface area contributed by atoms with Crippen molar-refractivity contribution in [1.82, 2.24) is 0 Å². The first-order chi connectivity index (χ1) is 8.32. The standard InChI is InChI=1S/C10H8F7NO/c1-4-2-6(18)7(19)3-5(4)8(11,9(12,13)14)10(15,16)17/h2-3,19H,18H2,1H3. The van der Waals surface area contributed by atoms with Crippen LogP contribution in [0.1, 0.15) is 11.1 Å². The normalized spacial score (nSPS) is 13.7. The lowest BCUT2D eigenvalue weighted by atomic mass is 9.90. The second kappa shape index (κ2) is 4.17. The van der Waals surface area contributed by atoms with Gasteiger partial charge in [0.1, 0.15) is 5.75 Å². The molecule has 0 saturated carbocycles. The zero-order valence-electron chi connectivity index (χ0n) is 9.33. The first kappa shape index (κ1) is 15.4. The van der Waals surface area contributed by atoms with Crippen LogP contribution in [0.5, 0.6) is 5.75 Å². The molecule has 1 aromatic rings. The average molecular weight is 291 g/mol. The fraction of sp³-hybridized carbons (Fsp3) is 0.400. The van der Waals surface area contributed by atoms with Crippen molar-refractivity contribution in [3.05, 3.63) is 23.3 Å². The minimum absolute atomic E-state index is 0.0334. The van der Waals surface area contributed by atoms with E-state index in [1.165, 1.54) is 0 Å². The summed E-state index contributed by atoms with van der Waals surface area (Å²) in [7, 11) is 0. The zero-order chi connectivity index (χ0) is 15.2. The minimum atomic E-state index is -6.22. The molecule has 0 heterocycles. The van der Waals surface area contributed by atoms with E-state index in [4.69, 9.17) is 10.8 Å². The fourth-order valence-electron chi connectivity index (χ4n) is 1.56. The number of hydrogen-bond donors (Lipinski definition) is 2. The molecule has 0 radical (unpaired) electrons. The molecule has 0 aliphatic carbocycles. The topological polar surface area (TPSA) is 46.2 Å². The summed E-state index contributed by atoms with van der Waals surface area (Å²) in [5.41, 5.74) is -3.32. The molecule has 9 heteroatoms. The van der Waals surface area contributed by atoms with Crippen LogP contribution < -0.4 is 5.73 Å². The Morgan fingerprint density at radius 1 is 0.947 bits per heavy atom. The van der Waals surface area contributed by atoms with Crippen LogP contribution >= 0.6 is 0 Å². The first-order valence-corrected chi connectivity index (χ1v) is 4.74. The van der Waals surface area contributed by atoms with Gasteiger partial charge in [-0.1, -0.05) is 0 Å². The second-order valence-corrected chi connectivity index (χ2v) is 3.88. The Kier molecular flexibility index (Phi) is 3.38. The molecule has 108 valence electrons. The maximum Gasteiger partial charge on any atom is 0.435 e. The Labute approximate surface area is 102 Å². The van der Waals surface area contributed by atoms with Crippen molar-refractivity contribution in [3.63, 3.8) is 0 Å². The molecule has 2 nitrogen and oxygen atoms in total. The van der Waals surface area contributed by atoms with E-state index in [1.54, 1.807) is 0 Å². The molecule has 3 N–H and O–H groups in total. The van der Waals surface area contributed by atoms with Gasteiger partial charge in [0, 0.05) is 5.56 Å². The smallest absolute Gasteiger partial charge is 0.435 e.